The van der Waals surface area contributed by atoms with Gasteiger partial charge in [0, 0.05) is 48.1 Å². The van der Waals surface area contributed by atoms with Gasteiger partial charge in [-0.1, -0.05) is 0 Å². The second kappa shape index (κ2) is 8.12. The number of nitrogens with one attached hydrogen (secondary N) is 3. The molecule has 0 amide bonds. The highest BCUT2D eigenvalue weighted by molar-refractivity contribution is 7.70. The molecule has 0 fully saturated rings. The molecule has 1 aromatic carbocycles. The minimum absolute atomic E-state index is 0.496. The minimum Gasteiger partial charge on any atom is -0.373 e. The highest BCUT2D eigenvalue weighted by Gasteiger charge is 2.19. The minimum atomic E-state index is -2.50. The molecule has 2 aromatic heterocycles. The van der Waals surface area contributed by atoms with Gasteiger partial charge in [-0.2, -0.15) is 10.1 Å². The van der Waals surface area contributed by atoms with Crippen molar-refractivity contribution in [3.63, 3.8) is 0 Å². The van der Waals surface area contributed by atoms with Crippen LogP contribution in [0, 0.1) is 6.92 Å². The Morgan fingerprint density at radius 2 is 1.93 bits per heavy atom. The van der Waals surface area contributed by atoms with Gasteiger partial charge in [-0.3, -0.25) is 0 Å². The zero-order valence-electron chi connectivity index (χ0n) is 16.8. The Bertz CT molecular complexity index is 1020. The molecular weight excluding hydrogens is 373 g/mol. The van der Waals surface area contributed by atoms with Crippen LogP contribution in [0.15, 0.2) is 36.7 Å². The predicted octanol–water partition coefficient (Wildman–Crippen LogP) is 2.72. The topological polar surface area (TPSA) is 96.8 Å². The number of rotatable bonds is 7. The smallest absolute Gasteiger partial charge is 0.229 e. The zero-order valence-corrected chi connectivity index (χ0v) is 17.7. The van der Waals surface area contributed by atoms with Gasteiger partial charge < -0.3 is 20.5 Å². The van der Waals surface area contributed by atoms with Crippen LogP contribution in [0.2, 0.25) is 0 Å². The highest BCUT2D eigenvalue weighted by Crippen LogP contribution is 2.38. The lowest BCUT2D eigenvalue weighted by Gasteiger charge is -2.16. The van der Waals surface area contributed by atoms with Crippen LogP contribution in [0.25, 0.3) is 5.69 Å². The van der Waals surface area contributed by atoms with Crippen molar-refractivity contribution in [2.75, 3.05) is 38.1 Å². The van der Waals surface area contributed by atoms with E-state index in [0.29, 0.717) is 12.5 Å². The van der Waals surface area contributed by atoms with Crippen molar-refractivity contribution in [2.45, 2.75) is 13.5 Å². The number of hydrogen-bond acceptors (Lipinski definition) is 7. The molecule has 0 saturated heterocycles. The van der Waals surface area contributed by atoms with Gasteiger partial charge in [0.25, 0.3) is 0 Å². The first-order chi connectivity index (χ1) is 13.3. The van der Waals surface area contributed by atoms with Gasteiger partial charge in [0.1, 0.15) is 13.0 Å². The van der Waals surface area contributed by atoms with E-state index in [1.807, 2.05) is 51.5 Å². The quantitative estimate of drug-likeness (QED) is 0.526. The summed E-state index contributed by atoms with van der Waals surface area (Å²) in [6.45, 7) is 6.16. The van der Waals surface area contributed by atoms with E-state index in [1.165, 1.54) is 0 Å². The summed E-state index contributed by atoms with van der Waals surface area (Å²) >= 11 is 0. The SMILES string of the molecule is CNCc1cnn(-c2cc(Nc3nc(C)cc(NC)n3)ccc2P(C)(C)=O)c1. The average Bonchev–Trinajstić information content (AvgIpc) is 3.09. The van der Waals surface area contributed by atoms with Crippen LogP contribution < -0.4 is 21.3 Å². The Morgan fingerprint density at radius 3 is 2.61 bits per heavy atom. The van der Waals surface area contributed by atoms with Crippen molar-refractivity contribution in [3.8, 4) is 5.69 Å². The number of aromatic nitrogens is 4. The number of aryl methyl sites for hydroxylation is 1. The van der Waals surface area contributed by atoms with Crippen LogP contribution in [0.1, 0.15) is 11.3 Å². The molecule has 0 spiro atoms. The van der Waals surface area contributed by atoms with Gasteiger partial charge in [0.15, 0.2) is 0 Å². The Labute approximate surface area is 165 Å². The van der Waals surface area contributed by atoms with E-state index in [0.717, 1.165) is 33.8 Å². The molecule has 9 heteroatoms. The van der Waals surface area contributed by atoms with Crippen LogP contribution in [-0.2, 0) is 11.1 Å². The molecule has 0 bridgehead atoms. The van der Waals surface area contributed by atoms with Gasteiger partial charge >= 0.3 is 0 Å². The van der Waals surface area contributed by atoms with E-state index in [2.05, 4.69) is 31.0 Å². The van der Waals surface area contributed by atoms with Gasteiger partial charge in [0.2, 0.25) is 5.95 Å². The number of anilines is 3. The molecule has 2 heterocycles. The van der Waals surface area contributed by atoms with Crippen molar-refractivity contribution in [2.24, 2.45) is 0 Å². The monoisotopic (exact) mass is 399 g/mol. The molecule has 3 aromatic rings. The van der Waals surface area contributed by atoms with Gasteiger partial charge in [0.05, 0.1) is 11.9 Å². The lowest BCUT2D eigenvalue weighted by Crippen LogP contribution is -2.14. The van der Waals surface area contributed by atoms with Crippen LogP contribution in [0.3, 0.4) is 0 Å². The molecule has 0 aliphatic rings. The Morgan fingerprint density at radius 1 is 1.14 bits per heavy atom. The van der Waals surface area contributed by atoms with E-state index >= 15 is 0 Å². The Hall–Kier alpha value is -2.70. The van der Waals surface area contributed by atoms with Crippen LogP contribution in [0.5, 0.6) is 0 Å². The van der Waals surface area contributed by atoms with E-state index < -0.39 is 7.14 Å². The van der Waals surface area contributed by atoms with E-state index in [-0.39, 0.29) is 0 Å². The van der Waals surface area contributed by atoms with Gasteiger partial charge in [-0.05, 0) is 45.5 Å². The largest absolute Gasteiger partial charge is 0.373 e. The summed E-state index contributed by atoms with van der Waals surface area (Å²) in [4.78, 5) is 8.86. The molecule has 0 aliphatic carbocycles. The van der Waals surface area contributed by atoms with Crippen molar-refractivity contribution in [1.82, 2.24) is 25.1 Å². The van der Waals surface area contributed by atoms with Crippen LogP contribution >= 0.6 is 7.14 Å². The van der Waals surface area contributed by atoms with Crippen molar-refractivity contribution >= 4 is 29.9 Å². The highest BCUT2D eigenvalue weighted by atomic mass is 31.2. The lowest BCUT2D eigenvalue weighted by molar-refractivity contribution is 0.588. The van der Waals surface area contributed by atoms with Crippen molar-refractivity contribution in [3.05, 3.63) is 47.9 Å². The molecule has 148 valence electrons. The molecule has 0 radical (unpaired) electrons. The van der Waals surface area contributed by atoms with E-state index in [9.17, 15) is 4.57 Å². The number of nitrogens with zero attached hydrogens (tertiary/aromatic N) is 4. The van der Waals surface area contributed by atoms with Gasteiger partial charge in [-0.25, -0.2) is 9.67 Å². The Balaban J connectivity index is 2.02. The standard InChI is InChI=1S/C19H26N7OP/c1-13-8-18(21-3)25-19(23-13)24-15-6-7-17(28(4,5)27)16(9-15)26-12-14(10-20-2)11-22-26/h6-9,11-12,20H,10H2,1-5H3,(H2,21,23,24,25). The van der Waals surface area contributed by atoms with Crippen LogP contribution in [-0.4, -0.2) is 47.2 Å². The maximum Gasteiger partial charge on any atom is 0.229 e. The molecule has 0 atom stereocenters. The summed E-state index contributed by atoms with van der Waals surface area (Å²) in [6, 6.07) is 7.57. The summed E-state index contributed by atoms with van der Waals surface area (Å²) in [5, 5.41) is 14.6. The number of benzene rings is 1. The normalized spacial score (nSPS) is 11.5. The summed E-state index contributed by atoms with van der Waals surface area (Å²) in [5.74, 6) is 1.23. The fourth-order valence-electron chi connectivity index (χ4n) is 2.91. The zero-order chi connectivity index (χ0) is 20.3. The predicted molar refractivity (Wildman–Crippen MR) is 115 cm³/mol. The molecular formula is C19H26N7OP. The Kier molecular flexibility index (Phi) is 5.82. The molecule has 8 nitrogen and oxygen atoms in total. The second-order valence-electron chi connectivity index (χ2n) is 6.97. The fraction of sp³-hybridized carbons (Fsp3) is 0.316. The average molecular weight is 399 g/mol. The van der Waals surface area contributed by atoms with Crippen molar-refractivity contribution < 1.29 is 4.57 Å². The third-order valence-electron chi connectivity index (χ3n) is 4.19. The maximum absolute atomic E-state index is 12.8. The van der Waals surface area contributed by atoms with E-state index in [4.69, 9.17) is 0 Å². The molecule has 3 rings (SSSR count). The first kappa shape index (κ1) is 20.0. The third kappa shape index (κ3) is 4.58. The lowest BCUT2D eigenvalue weighted by atomic mass is 10.2. The number of hydrogen-bond donors (Lipinski definition) is 3. The summed E-state index contributed by atoms with van der Waals surface area (Å²) in [5.41, 5.74) is 3.48. The van der Waals surface area contributed by atoms with Crippen LogP contribution in [0.4, 0.5) is 17.5 Å². The molecule has 0 unspecified atom stereocenters. The third-order valence-corrected chi connectivity index (χ3v) is 5.72. The molecule has 0 saturated carbocycles. The second-order valence-corrected chi connectivity index (χ2v) is 10.2. The van der Waals surface area contributed by atoms with E-state index in [1.54, 1.807) is 24.2 Å². The summed E-state index contributed by atoms with van der Waals surface area (Å²) in [6.07, 6.45) is 3.75. The van der Waals surface area contributed by atoms with Crippen molar-refractivity contribution in [1.29, 1.82) is 0 Å². The maximum atomic E-state index is 12.8. The first-order valence-electron chi connectivity index (χ1n) is 8.98. The molecule has 28 heavy (non-hydrogen) atoms. The fourth-order valence-corrected chi connectivity index (χ4v) is 4.06. The summed E-state index contributed by atoms with van der Waals surface area (Å²) in [7, 11) is 1.21. The van der Waals surface area contributed by atoms with Gasteiger partial charge in [-0.15, -0.1) is 0 Å². The summed E-state index contributed by atoms with van der Waals surface area (Å²) < 4.78 is 14.6. The molecule has 0 aliphatic heterocycles. The first-order valence-corrected chi connectivity index (χ1v) is 11.6. The molecule has 3 N–H and O–H groups in total.